The highest BCUT2D eigenvalue weighted by molar-refractivity contribution is 5.49. The molecular weight excluding hydrogens is 260 g/mol. The van der Waals surface area contributed by atoms with Crippen LogP contribution in [0.3, 0.4) is 0 Å². The Kier molecular flexibility index (Phi) is 5.23. The zero-order valence-corrected chi connectivity index (χ0v) is 13.3. The average molecular weight is 284 g/mol. The Bertz CT molecular complexity index is 566. The number of rotatable bonds is 6. The molecule has 0 spiro atoms. The molecule has 0 bridgehead atoms. The molecule has 0 saturated heterocycles. The number of benzene rings is 2. The molecule has 0 heterocycles. The minimum atomic E-state index is 0.374. The van der Waals surface area contributed by atoms with Crippen LogP contribution in [0, 0.1) is 0 Å². The van der Waals surface area contributed by atoms with Gasteiger partial charge in [0.1, 0.15) is 5.75 Å². The SMILES string of the molecule is CNC(C)c1ccc(N(C)Cc2ccccc2OC)cc1. The molecule has 3 nitrogen and oxygen atoms in total. The van der Waals surface area contributed by atoms with Crippen LogP contribution in [0.15, 0.2) is 48.5 Å². The highest BCUT2D eigenvalue weighted by Gasteiger charge is 2.08. The lowest BCUT2D eigenvalue weighted by Crippen LogP contribution is -2.17. The number of anilines is 1. The molecule has 2 aromatic carbocycles. The fourth-order valence-corrected chi connectivity index (χ4v) is 2.36. The van der Waals surface area contributed by atoms with Crippen molar-refractivity contribution in [3.63, 3.8) is 0 Å². The van der Waals surface area contributed by atoms with Crippen molar-refractivity contribution in [3.05, 3.63) is 59.7 Å². The second-order valence-electron chi connectivity index (χ2n) is 5.27. The number of hydrogen-bond acceptors (Lipinski definition) is 3. The Morgan fingerprint density at radius 3 is 2.38 bits per heavy atom. The molecule has 0 aliphatic heterocycles. The molecule has 1 unspecified atom stereocenters. The number of methoxy groups -OCH3 is 1. The highest BCUT2D eigenvalue weighted by Crippen LogP contribution is 2.23. The van der Waals surface area contributed by atoms with Crippen molar-refractivity contribution < 1.29 is 4.74 Å². The van der Waals surface area contributed by atoms with Gasteiger partial charge in [0.25, 0.3) is 0 Å². The van der Waals surface area contributed by atoms with Crippen LogP contribution in [0.5, 0.6) is 5.75 Å². The van der Waals surface area contributed by atoms with Crippen LogP contribution in [0.2, 0.25) is 0 Å². The van der Waals surface area contributed by atoms with Crippen LogP contribution < -0.4 is 15.0 Å². The van der Waals surface area contributed by atoms with E-state index < -0.39 is 0 Å². The Morgan fingerprint density at radius 2 is 1.76 bits per heavy atom. The summed E-state index contributed by atoms with van der Waals surface area (Å²) in [6, 6.07) is 17.2. The maximum absolute atomic E-state index is 5.41. The number of nitrogens with zero attached hydrogens (tertiary/aromatic N) is 1. The lowest BCUT2D eigenvalue weighted by molar-refractivity contribution is 0.409. The quantitative estimate of drug-likeness (QED) is 0.877. The van der Waals surface area contributed by atoms with E-state index >= 15 is 0 Å². The maximum Gasteiger partial charge on any atom is 0.123 e. The fourth-order valence-electron chi connectivity index (χ4n) is 2.36. The second-order valence-corrected chi connectivity index (χ2v) is 5.27. The molecule has 0 aliphatic rings. The minimum absolute atomic E-state index is 0.374. The summed E-state index contributed by atoms with van der Waals surface area (Å²) >= 11 is 0. The number of para-hydroxylation sites is 1. The lowest BCUT2D eigenvalue weighted by Gasteiger charge is -2.21. The summed E-state index contributed by atoms with van der Waals surface area (Å²) in [5.74, 6) is 0.935. The molecule has 1 N–H and O–H groups in total. The molecule has 0 radical (unpaired) electrons. The van der Waals surface area contributed by atoms with Gasteiger partial charge in [0, 0.05) is 30.9 Å². The van der Waals surface area contributed by atoms with Gasteiger partial charge in [-0.15, -0.1) is 0 Å². The third kappa shape index (κ3) is 3.76. The number of nitrogens with one attached hydrogen (secondary N) is 1. The summed E-state index contributed by atoms with van der Waals surface area (Å²) < 4.78 is 5.41. The first-order chi connectivity index (χ1) is 10.2. The predicted octanol–water partition coefficient (Wildman–Crippen LogP) is 3.61. The summed E-state index contributed by atoms with van der Waals surface area (Å²) in [5, 5.41) is 3.25. The van der Waals surface area contributed by atoms with E-state index in [0.29, 0.717) is 6.04 Å². The summed E-state index contributed by atoms with van der Waals surface area (Å²) in [4.78, 5) is 2.23. The van der Waals surface area contributed by atoms with Gasteiger partial charge < -0.3 is 15.0 Å². The van der Waals surface area contributed by atoms with E-state index in [1.807, 2.05) is 25.2 Å². The molecule has 0 aliphatic carbocycles. The molecule has 2 aromatic rings. The molecule has 112 valence electrons. The maximum atomic E-state index is 5.41. The van der Waals surface area contributed by atoms with Gasteiger partial charge in [0.05, 0.1) is 7.11 Å². The zero-order valence-electron chi connectivity index (χ0n) is 13.3. The topological polar surface area (TPSA) is 24.5 Å². The minimum Gasteiger partial charge on any atom is -0.496 e. The van der Waals surface area contributed by atoms with Crippen LogP contribution in [-0.4, -0.2) is 21.2 Å². The van der Waals surface area contributed by atoms with Gasteiger partial charge in [-0.05, 0) is 37.7 Å². The van der Waals surface area contributed by atoms with Crippen molar-refractivity contribution in [2.45, 2.75) is 19.5 Å². The van der Waals surface area contributed by atoms with E-state index in [9.17, 15) is 0 Å². The van der Waals surface area contributed by atoms with Gasteiger partial charge in [-0.2, -0.15) is 0 Å². The summed E-state index contributed by atoms with van der Waals surface area (Å²) in [6.07, 6.45) is 0. The number of hydrogen-bond donors (Lipinski definition) is 1. The third-order valence-corrected chi connectivity index (χ3v) is 3.87. The van der Waals surface area contributed by atoms with Gasteiger partial charge >= 0.3 is 0 Å². The van der Waals surface area contributed by atoms with Crippen molar-refractivity contribution >= 4 is 5.69 Å². The average Bonchev–Trinajstić information content (AvgIpc) is 2.54. The molecule has 0 fully saturated rings. The summed E-state index contributed by atoms with van der Waals surface area (Å²) in [5.41, 5.74) is 3.69. The van der Waals surface area contributed by atoms with Crippen LogP contribution in [0.25, 0.3) is 0 Å². The Morgan fingerprint density at radius 1 is 1.10 bits per heavy atom. The molecule has 0 aromatic heterocycles. The van der Waals surface area contributed by atoms with Crippen molar-refractivity contribution in [1.82, 2.24) is 5.32 Å². The smallest absolute Gasteiger partial charge is 0.123 e. The summed E-state index contributed by atoms with van der Waals surface area (Å²) in [6.45, 7) is 2.98. The molecule has 0 amide bonds. The Balaban J connectivity index is 2.11. The van der Waals surface area contributed by atoms with Crippen LogP contribution in [0.4, 0.5) is 5.69 Å². The molecule has 1 atom stereocenters. The standard InChI is InChI=1S/C18H24N2O/c1-14(19-2)15-9-11-17(12-10-15)20(3)13-16-7-5-6-8-18(16)21-4/h5-12,14,19H,13H2,1-4H3. The molecule has 0 saturated carbocycles. The van der Waals surface area contributed by atoms with E-state index in [-0.39, 0.29) is 0 Å². The second kappa shape index (κ2) is 7.14. The summed E-state index contributed by atoms with van der Waals surface area (Å²) in [7, 11) is 5.79. The van der Waals surface area contributed by atoms with Crippen LogP contribution >= 0.6 is 0 Å². The third-order valence-electron chi connectivity index (χ3n) is 3.87. The first-order valence-electron chi connectivity index (χ1n) is 7.26. The molecule has 21 heavy (non-hydrogen) atoms. The van der Waals surface area contributed by atoms with Crippen molar-refractivity contribution in [2.24, 2.45) is 0 Å². The first kappa shape index (κ1) is 15.4. The van der Waals surface area contributed by atoms with Crippen LogP contribution in [0.1, 0.15) is 24.1 Å². The van der Waals surface area contributed by atoms with E-state index in [1.165, 1.54) is 16.8 Å². The predicted molar refractivity (Wildman–Crippen MR) is 89.0 cm³/mol. The van der Waals surface area contributed by atoms with Crippen LogP contribution in [-0.2, 0) is 6.54 Å². The normalized spacial score (nSPS) is 12.0. The monoisotopic (exact) mass is 284 g/mol. The van der Waals surface area contributed by atoms with Crippen molar-refractivity contribution in [3.8, 4) is 5.75 Å². The van der Waals surface area contributed by atoms with Crippen molar-refractivity contribution in [1.29, 1.82) is 0 Å². The molecule has 2 rings (SSSR count). The Hall–Kier alpha value is -2.00. The van der Waals surface area contributed by atoms with E-state index in [1.54, 1.807) is 7.11 Å². The van der Waals surface area contributed by atoms with Gasteiger partial charge in [-0.3, -0.25) is 0 Å². The van der Waals surface area contributed by atoms with Gasteiger partial charge in [-0.25, -0.2) is 0 Å². The highest BCUT2D eigenvalue weighted by atomic mass is 16.5. The zero-order chi connectivity index (χ0) is 15.2. The first-order valence-corrected chi connectivity index (χ1v) is 7.26. The Labute approximate surface area is 127 Å². The van der Waals surface area contributed by atoms with E-state index in [0.717, 1.165) is 12.3 Å². The molecular formula is C18H24N2O. The van der Waals surface area contributed by atoms with E-state index in [2.05, 4.69) is 54.5 Å². The van der Waals surface area contributed by atoms with Gasteiger partial charge in [-0.1, -0.05) is 30.3 Å². The van der Waals surface area contributed by atoms with Gasteiger partial charge in [0.15, 0.2) is 0 Å². The lowest BCUT2D eigenvalue weighted by atomic mass is 10.1. The van der Waals surface area contributed by atoms with E-state index in [4.69, 9.17) is 4.74 Å². The largest absolute Gasteiger partial charge is 0.496 e. The fraction of sp³-hybridized carbons (Fsp3) is 0.333. The van der Waals surface area contributed by atoms with Crippen molar-refractivity contribution in [2.75, 3.05) is 26.1 Å². The molecule has 3 heteroatoms. The number of ether oxygens (including phenoxy) is 1. The van der Waals surface area contributed by atoms with Gasteiger partial charge in [0.2, 0.25) is 0 Å².